The van der Waals surface area contributed by atoms with Crippen molar-refractivity contribution in [1.82, 2.24) is 0 Å². The Balaban J connectivity index is 1.52. The highest BCUT2D eigenvalue weighted by Crippen LogP contribution is 2.27. The van der Waals surface area contributed by atoms with Gasteiger partial charge in [0.1, 0.15) is 0 Å². The predicted octanol–water partition coefficient (Wildman–Crippen LogP) is 5.97. The van der Waals surface area contributed by atoms with Crippen molar-refractivity contribution in [3.05, 3.63) is 96.7 Å². The zero-order valence-corrected chi connectivity index (χ0v) is 15.9. The Morgan fingerprint density at radius 1 is 0.704 bits per heavy atom. The summed E-state index contributed by atoms with van der Waals surface area (Å²) in [4.78, 5) is 0. The van der Waals surface area contributed by atoms with E-state index in [4.69, 9.17) is 4.74 Å². The second-order valence-electron chi connectivity index (χ2n) is 7.71. The van der Waals surface area contributed by atoms with Crippen molar-refractivity contribution in [1.29, 1.82) is 0 Å². The summed E-state index contributed by atoms with van der Waals surface area (Å²) in [7, 11) is 0. The minimum atomic E-state index is 0.134. The molecule has 4 rings (SSSR count). The molecule has 0 aliphatic carbocycles. The van der Waals surface area contributed by atoms with Gasteiger partial charge >= 0.3 is 0 Å². The van der Waals surface area contributed by atoms with Crippen LogP contribution in [0.4, 0.5) is 5.69 Å². The second-order valence-corrected chi connectivity index (χ2v) is 7.71. The van der Waals surface area contributed by atoms with Crippen molar-refractivity contribution in [3.63, 3.8) is 0 Å². The van der Waals surface area contributed by atoms with Gasteiger partial charge < -0.3 is 4.74 Å². The molecule has 0 N–H and O–H groups in total. The molecule has 1 radical (unpaired) electrons. The van der Waals surface area contributed by atoms with Crippen LogP contribution in [0, 0.1) is 6.73 Å². The van der Waals surface area contributed by atoms with E-state index in [2.05, 4.69) is 86.5 Å². The first-order valence-electron chi connectivity index (χ1n) is 9.15. The van der Waals surface area contributed by atoms with Crippen molar-refractivity contribution < 1.29 is 4.74 Å². The fourth-order valence-corrected chi connectivity index (χ4v) is 3.04. The molecule has 3 heteroatoms. The van der Waals surface area contributed by atoms with E-state index in [0.29, 0.717) is 5.90 Å². The number of rotatable bonds is 3. The molecule has 3 aromatic carbocycles. The monoisotopic (exact) mass is 355 g/mol. The highest BCUT2D eigenvalue weighted by Gasteiger charge is 2.21. The van der Waals surface area contributed by atoms with Gasteiger partial charge in [-0.2, -0.15) is 0 Å². The molecule has 0 saturated heterocycles. The molecule has 1 aliphatic rings. The Morgan fingerprint density at radius 2 is 1.30 bits per heavy atom. The second kappa shape index (κ2) is 6.92. The Morgan fingerprint density at radius 3 is 1.93 bits per heavy atom. The van der Waals surface area contributed by atoms with E-state index in [0.717, 1.165) is 11.3 Å². The molecule has 0 fully saturated rings. The van der Waals surface area contributed by atoms with E-state index < -0.39 is 0 Å². The first kappa shape index (κ1) is 17.3. The lowest BCUT2D eigenvalue weighted by molar-refractivity contribution is 0.420. The molecule has 0 saturated carbocycles. The zero-order valence-electron chi connectivity index (χ0n) is 15.9. The normalized spacial score (nSPS) is 14.0. The minimum Gasteiger partial charge on any atom is -0.444 e. The predicted molar refractivity (Wildman–Crippen MR) is 111 cm³/mol. The van der Waals surface area contributed by atoms with Gasteiger partial charge in [0.05, 0.1) is 5.69 Å². The maximum Gasteiger partial charge on any atom is 0.251 e. The van der Waals surface area contributed by atoms with E-state index in [1.54, 1.807) is 11.7 Å². The SMILES string of the molecule is CC(C)(C)c1ccc(C2=NN(c3ccc(-c4ccccc4)cc3)[CH]O2)cc1. The lowest BCUT2D eigenvalue weighted by Crippen LogP contribution is -2.11. The summed E-state index contributed by atoms with van der Waals surface area (Å²) in [5.41, 5.74) is 5.76. The molecular formula is C24H23N2O. The molecule has 0 unspecified atom stereocenters. The standard InChI is InChI=1S/C24H23N2O/c1-24(2,3)21-13-9-20(10-14-21)23-25-26(17-27-23)22-15-11-19(12-16-22)18-7-5-4-6-8-18/h4-17H,1-3H3. The molecule has 3 aromatic rings. The van der Waals surface area contributed by atoms with Gasteiger partial charge in [0.15, 0.2) is 0 Å². The van der Waals surface area contributed by atoms with Crippen LogP contribution in [-0.4, -0.2) is 5.90 Å². The number of benzene rings is 3. The molecule has 27 heavy (non-hydrogen) atoms. The number of hydrogen-bond donors (Lipinski definition) is 0. The average Bonchev–Trinajstić information content (AvgIpc) is 3.18. The summed E-state index contributed by atoms with van der Waals surface area (Å²) in [6, 6.07) is 27.1. The van der Waals surface area contributed by atoms with Crippen LogP contribution in [0.25, 0.3) is 11.1 Å². The number of hydrazone groups is 1. The van der Waals surface area contributed by atoms with Gasteiger partial charge in [0.2, 0.25) is 5.90 Å². The third-order valence-corrected chi connectivity index (χ3v) is 4.70. The van der Waals surface area contributed by atoms with Crippen molar-refractivity contribution in [2.45, 2.75) is 26.2 Å². The van der Waals surface area contributed by atoms with E-state index in [1.807, 2.05) is 18.2 Å². The summed E-state index contributed by atoms with van der Waals surface area (Å²) >= 11 is 0. The fraction of sp³-hybridized carbons (Fsp3) is 0.167. The largest absolute Gasteiger partial charge is 0.444 e. The van der Waals surface area contributed by atoms with Gasteiger partial charge in [-0.3, -0.25) is 0 Å². The summed E-state index contributed by atoms with van der Waals surface area (Å²) in [5.74, 6) is 0.614. The maximum atomic E-state index is 5.70. The number of ether oxygens (including phenoxy) is 1. The summed E-state index contributed by atoms with van der Waals surface area (Å²) < 4.78 is 5.70. The van der Waals surface area contributed by atoms with Crippen LogP contribution >= 0.6 is 0 Å². The highest BCUT2D eigenvalue weighted by molar-refractivity contribution is 5.96. The van der Waals surface area contributed by atoms with Gasteiger partial charge in [-0.25, -0.2) is 5.01 Å². The van der Waals surface area contributed by atoms with Crippen LogP contribution in [0.2, 0.25) is 0 Å². The summed E-state index contributed by atoms with van der Waals surface area (Å²) in [6.45, 7) is 8.27. The van der Waals surface area contributed by atoms with E-state index in [9.17, 15) is 0 Å². The first-order chi connectivity index (χ1) is 13.0. The lowest BCUT2D eigenvalue weighted by Gasteiger charge is -2.18. The Labute approximate surface area is 160 Å². The Kier molecular flexibility index (Phi) is 4.44. The van der Waals surface area contributed by atoms with Gasteiger partial charge in [0, 0.05) is 5.56 Å². The summed E-state index contributed by atoms with van der Waals surface area (Å²) in [5, 5.41) is 6.36. The molecule has 135 valence electrons. The van der Waals surface area contributed by atoms with E-state index in [1.165, 1.54) is 16.7 Å². The third kappa shape index (κ3) is 3.72. The Hall–Kier alpha value is -3.07. The van der Waals surface area contributed by atoms with E-state index >= 15 is 0 Å². The zero-order chi connectivity index (χ0) is 18.9. The van der Waals surface area contributed by atoms with Crippen molar-refractivity contribution in [2.75, 3.05) is 5.01 Å². The highest BCUT2D eigenvalue weighted by atomic mass is 16.5. The summed E-state index contributed by atoms with van der Waals surface area (Å²) in [6.07, 6.45) is 0. The average molecular weight is 355 g/mol. The smallest absolute Gasteiger partial charge is 0.251 e. The molecule has 0 atom stereocenters. The minimum absolute atomic E-state index is 0.134. The van der Waals surface area contributed by atoms with Crippen molar-refractivity contribution in [2.24, 2.45) is 5.10 Å². The van der Waals surface area contributed by atoms with E-state index in [-0.39, 0.29) is 5.41 Å². The number of nitrogens with zero attached hydrogens (tertiary/aromatic N) is 2. The van der Waals surface area contributed by atoms with Crippen LogP contribution in [-0.2, 0) is 10.2 Å². The molecule has 0 spiro atoms. The molecule has 3 nitrogen and oxygen atoms in total. The molecule has 1 aliphatic heterocycles. The molecule has 0 bridgehead atoms. The van der Waals surface area contributed by atoms with Crippen LogP contribution in [0.5, 0.6) is 0 Å². The Bertz CT molecular complexity index is 936. The van der Waals surface area contributed by atoms with Crippen molar-refractivity contribution in [3.8, 4) is 11.1 Å². The molecule has 0 amide bonds. The van der Waals surface area contributed by atoms with Gasteiger partial charge in [0.25, 0.3) is 6.73 Å². The van der Waals surface area contributed by atoms with Crippen LogP contribution in [0.1, 0.15) is 31.9 Å². The van der Waals surface area contributed by atoms with Gasteiger partial charge in [-0.05, 0) is 46.4 Å². The number of hydrogen-bond acceptors (Lipinski definition) is 3. The molecular weight excluding hydrogens is 332 g/mol. The quantitative estimate of drug-likeness (QED) is 0.578. The van der Waals surface area contributed by atoms with Crippen LogP contribution < -0.4 is 5.01 Å². The van der Waals surface area contributed by atoms with Gasteiger partial charge in [-0.1, -0.05) is 75.4 Å². The van der Waals surface area contributed by atoms with Gasteiger partial charge in [-0.15, -0.1) is 5.10 Å². The van der Waals surface area contributed by atoms with Crippen molar-refractivity contribution >= 4 is 11.6 Å². The first-order valence-corrected chi connectivity index (χ1v) is 9.15. The van der Waals surface area contributed by atoms with Crippen LogP contribution in [0.3, 0.4) is 0 Å². The molecule has 1 heterocycles. The number of anilines is 1. The topological polar surface area (TPSA) is 24.8 Å². The maximum absolute atomic E-state index is 5.70. The van der Waals surface area contributed by atoms with Crippen LogP contribution in [0.15, 0.2) is 84.0 Å². The fourth-order valence-electron chi connectivity index (χ4n) is 3.04. The third-order valence-electron chi connectivity index (χ3n) is 4.70. The lowest BCUT2D eigenvalue weighted by atomic mass is 9.87. The molecule has 0 aromatic heterocycles.